The Morgan fingerprint density at radius 2 is 1.25 bits per heavy atom. The molecule has 0 radical (unpaired) electrons. The maximum Gasteiger partial charge on any atom is 0.244 e. The molecule has 0 aliphatic rings. The van der Waals surface area contributed by atoms with Gasteiger partial charge in [0.05, 0.1) is 0 Å². The fourth-order valence-electron chi connectivity index (χ4n) is 3.15. The number of Topliss-reactive ketones (excluding diaryl/α,β-unsaturated/α-hetero) is 2. The monoisotopic (exact) mass is 423 g/mol. The average Bonchev–Trinajstić information content (AvgIpc) is 2.83. The predicted molar refractivity (Wildman–Crippen MR) is 128 cm³/mol. The number of nitrogens with one attached hydrogen (secondary N) is 1. The number of hydrogen-bond acceptors (Lipinski definition) is 3. The van der Waals surface area contributed by atoms with Gasteiger partial charge in [-0.25, -0.2) is 0 Å². The van der Waals surface area contributed by atoms with Crippen molar-refractivity contribution in [2.45, 2.75) is 13.3 Å². The minimum absolute atomic E-state index is 0.183. The SMILES string of the molecule is C/C=C/c1ccc(C(=O)C(=O)c2ccc(/C=C/C(=O)NCCc3ccccc3)cc2)cc1. The number of carbonyl (C=O) groups is 3. The lowest BCUT2D eigenvalue weighted by Gasteiger charge is -2.03. The molecule has 32 heavy (non-hydrogen) atoms. The first kappa shape index (κ1) is 22.6. The summed E-state index contributed by atoms with van der Waals surface area (Å²) in [6.45, 7) is 2.47. The Morgan fingerprint density at radius 3 is 1.78 bits per heavy atom. The van der Waals surface area contributed by atoms with Gasteiger partial charge in [0.25, 0.3) is 0 Å². The summed E-state index contributed by atoms with van der Waals surface area (Å²) in [6.07, 6.45) is 7.73. The lowest BCUT2D eigenvalue weighted by Crippen LogP contribution is -2.23. The van der Waals surface area contributed by atoms with Crippen LogP contribution in [0.4, 0.5) is 0 Å². The lowest BCUT2D eigenvalue weighted by molar-refractivity contribution is -0.116. The van der Waals surface area contributed by atoms with Crippen molar-refractivity contribution in [3.8, 4) is 0 Å². The van der Waals surface area contributed by atoms with E-state index in [-0.39, 0.29) is 5.91 Å². The summed E-state index contributed by atoms with van der Waals surface area (Å²) in [4.78, 5) is 37.0. The molecule has 0 heterocycles. The van der Waals surface area contributed by atoms with Gasteiger partial charge in [0.1, 0.15) is 0 Å². The Labute approximate surface area is 188 Å². The van der Waals surface area contributed by atoms with Gasteiger partial charge in [0.15, 0.2) is 0 Å². The number of hydrogen-bond donors (Lipinski definition) is 1. The first-order chi connectivity index (χ1) is 15.6. The molecule has 4 heteroatoms. The van der Waals surface area contributed by atoms with E-state index in [9.17, 15) is 14.4 Å². The predicted octanol–water partition coefficient (Wildman–Crippen LogP) is 5.16. The van der Waals surface area contributed by atoms with Crippen molar-refractivity contribution >= 4 is 29.6 Å². The highest BCUT2D eigenvalue weighted by atomic mass is 16.2. The van der Waals surface area contributed by atoms with E-state index in [1.165, 1.54) is 11.6 Å². The van der Waals surface area contributed by atoms with Crippen LogP contribution in [0.5, 0.6) is 0 Å². The normalized spacial score (nSPS) is 11.0. The molecular formula is C28H25NO3. The Balaban J connectivity index is 1.53. The third-order valence-electron chi connectivity index (χ3n) is 4.89. The molecule has 0 spiro atoms. The van der Waals surface area contributed by atoms with E-state index in [4.69, 9.17) is 0 Å². The van der Waals surface area contributed by atoms with E-state index in [0.29, 0.717) is 17.7 Å². The fourth-order valence-corrected chi connectivity index (χ4v) is 3.15. The molecule has 4 nitrogen and oxygen atoms in total. The lowest BCUT2D eigenvalue weighted by atomic mass is 9.99. The van der Waals surface area contributed by atoms with Crippen LogP contribution in [0, 0.1) is 0 Å². The molecule has 3 aromatic rings. The summed E-state index contributed by atoms with van der Waals surface area (Å²) in [5.74, 6) is -1.28. The summed E-state index contributed by atoms with van der Waals surface area (Å²) in [5.41, 5.74) is 3.58. The maximum atomic E-state index is 12.5. The van der Waals surface area contributed by atoms with Crippen molar-refractivity contribution in [2.75, 3.05) is 6.54 Å². The summed E-state index contributed by atoms with van der Waals surface area (Å²) in [6, 6.07) is 23.5. The van der Waals surface area contributed by atoms with Gasteiger partial charge in [0, 0.05) is 23.7 Å². The number of ketones is 2. The van der Waals surface area contributed by atoms with E-state index in [2.05, 4.69) is 5.32 Å². The van der Waals surface area contributed by atoms with Crippen LogP contribution >= 0.6 is 0 Å². The molecule has 1 amide bonds. The van der Waals surface area contributed by atoms with Crippen molar-refractivity contribution in [1.29, 1.82) is 0 Å². The molecule has 160 valence electrons. The largest absolute Gasteiger partial charge is 0.352 e. The summed E-state index contributed by atoms with van der Waals surface area (Å²) < 4.78 is 0. The highest BCUT2D eigenvalue weighted by Crippen LogP contribution is 2.12. The molecule has 0 bridgehead atoms. The second kappa shape index (κ2) is 11.4. The van der Waals surface area contributed by atoms with Gasteiger partial charge < -0.3 is 5.32 Å². The highest BCUT2D eigenvalue weighted by Gasteiger charge is 2.17. The van der Waals surface area contributed by atoms with Crippen molar-refractivity contribution in [2.24, 2.45) is 0 Å². The molecule has 0 aliphatic heterocycles. The van der Waals surface area contributed by atoms with E-state index in [0.717, 1.165) is 17.5 Å². The van der Waals surface area contributed by atoms with Gasteiger partial charge in [-0.15, -0.1) is 0 Å². The van der Waals surface area contributed by atoms with Crippen molar-refractivity contribution < 1.29 is 14.4 Å². The molecule has 0 aromatic heterocycles. The third-order valence-corrected chi connectivity index (χ3v) is 4.89. The topological polar surface area (TPSA) is 63.2 Å². The molecule has 0 saturated carbocycles. The van der Waals surface area contributed by atoms with Gasteiger partial charge in [-0.1, -0.05) is 91.0 Å². The summed E-state index contributed by atoms with van der Waals surface area (Å²) in [7, 11) is 0. The summed E-state index contributed by atoms with van der Waals surface area (Å²) in [5, 5.41) is 2.85. The Kier molecular flexibility index (Phi) is 8.04. The Bertz CT molecular complexity index is 1130. The molecule has 0 saturated heterocycles. The quantitative estimate of drug-likeness (QED) is 0.294. The van der Waals surface area contributed by atoms with Crippen LogP contribution in [0.15, 0.2) is 91.0 Å². The van der Waals surface area contributed by atoms with Crippen LogP contribution in [-0.2, 0) is 11.2 Å². The molecular weight excluding hydrogens is 398 g/mol. The zero-order chi connectivity index (χ0) is 22.8. The second-order valence-electron chi connectivity index (χ2n) is 7.26. The van der Waals surface area contributed by atoms with Crippen LogP contribution in [-0.4, -0.2) is 24.0 Å². The molecule has 0 aliphatic carbocycles. The highest BCUT2D eigenvalue weighted by molar-refractivity contribution is 6.49. The minimum Gasteiger partial charge on any atom is -0.352 e. The summed E-state index contributed by atoms with van der Waals surface area (Å²) >= 11 is 0. The molecule has 0 unspecified atom stereocenters. The number of rotatable bonds is 9. The average molecular weight is 424 g/mol. The molecule has 0 fully saturated rings. The van der Waals surface area contributed by atoms with E-state index >= 15 is 0 Å². The molecule has 3 rings (SSSR count). The first-order valence-electron chi connectivity index (χ1n) is 10.5. The number of allylic oxidation sites excluding steroid dienone is 1. The van der Waals surface area contributed by atoms with Crippen LogP contribution in [0.1, 0.15) is 44.3 Å². The van der Waals surface area contributed by atoms with Gasteiger partial charge >= 0.3 is 0 Å². The van der Waals surface area contributed by atoms with Crippen molar-refractivity contribution in [1.82, 2.24) is 5.32 Å². The number of amides is 1. The van der Waals surface area contributed by atoms with E-state index < -0.39 is 11.6 Å². The second-order valence-corrected chi connectivity index (χ2v) is 7.26. The zero-order valence-electron chi connectivity index (χ0n) is 18.0. The van der Waals surface area contributed by atoms with Crippen LogP contribution < -0.4 is 5.32 Å². The molecule has 0 atom stereocenters. The van der Waals surface area contributed by atoms with Crippen molar-refractivity contribution in [3.05, 3.63) is 119 Å². The molecule has 1 N–H and O–H groups in total. The fraction of sp³-hybridized carbons (Fsp3) is 0.107. The van der Waals surface area contributed by atoms with E-state index in [1.54, 1.807) is 54.6 Å². The first-order valence-corrected chi connectivity index (χ1v) is 10.5. The van der Waals surface area contributed by atoms with Crippen LogP contribution in [0.2, 0.25) is 0 Å². The Morgan fingerprint density at radius 1 is 0.719 bits per heavy atom. The van der Waals surface area contributed by atoms with Gasteiger partial charge in [0.2, 0.25) is 17.5 Å². The number of carbonyl (C=O) groups excluding carboxylic acids is 3. The third kappa shape index (κ3) is 6.47. The smallest absolute Gasteiger partial charge is 0.244 e. The van der Waals surface area contributed by atoms with Gasteiger partial charge in [-0.05, 0) is 36.1 Å². The van der Waals surface area contributed by atoms with Gasteiger partial charge in [-0.3, -0.25) is 14.4 Å². The van der Waals surface area contributed by atoms with Crippen molar-refractivity contribution in [3.63, 3.8) is 0 Å². The van der Waals surface area contributed by atoms with E-state index in [1.807, 2.05) is 49.4 Å². The van der Waals surface area contributed by atoms with Gasteiger partial charge in [-0.2, -0.15) is 0 Å². The zero-order valence-corrected chi connectivity index (χ0v) is 18.0. The maximum absolute atomic E-state index is 12.5. The Hall–Kier alpha value is -4.05. The molecule has 3 aromatic carbocycles. The standard InChI is InChI=1S/C28H25NO3/c1-2-6-21-9-14-24(15-10-21)27(31)28(32)25-16-11-23(12-17-25)13-18-26(30)29-20-19-22-7-4-3-5-8-22/h2-18H,19-20H2,1H3,(H,29,30)/b6-2+,18-13+. The minimum atomic E-state index is -0.557. The van der Waals surface area contributed by atoms with Crippen LogP contribution in [0.3, 0.4) is 0 Å². The number of benzene rings is 3. The van der Waals surface area contributed by atoms with Crippen LogP contribution in [0.25, 0.3) is 12.2 Å².